The largest absolute Gasteiger partial charge is 0.375 e. The molecule has 0 spiro atoms. The molecular formula is C13H13BrF2N4S. The number of rotatable bonds is 4. The molecule has 0 saturated heterocycles. The van der Waals surface area contributed by atoms with Crippen LogP contribution in [0.4, 0.5) is 8.78 Å². The smallest absolute Gasteiger partial charge is 0.183 e. The Balaban J connectivity index is 1.99. The Morgan fingerprint density at radius 1 is 1.29 bits per heavy atom. The zero-order valence-electron chi connectivity index (χ0n) is 10.9. The average Bonchev–Trinajstić information content (AvgIpc) is 2.39. The van der Waals surface area contributed by atoms with E-state index in [1.807, 2.05) is 4.90 Å². The number of thiocarbonyl (C=S) groups is 1. The van der Waals surface area contributed by atoms with Crippen molar-refractivity contribution in [1.82, 2.24) is 15.3 Å². The predicted molar refractivity (Wildman–Crippen MR) is 84.7 cm³/mol. The topological polar surface area (TPSA) is 44.5 Å². The summed E-state index contributed by atoms with van der Waals surface area (Å²) in [5.74, 6) is -1.07. The molecule has 8 heteroatoms. The highest BCUT2D eigenvalue weighted by molar-refractivity contribution is 9.11. The van der Waals surface area contributed by atoms with Gasteiger partial charge in [0.05, 0.1) is 6.20 Å². The molecule has 1 aliphatic heterocycles. The van der Waals surface area contributed by atoms with Crippen LogP contribution in [0.3, 0.4) is 0 Å². The summed E-state index contributed by atoms with van der Waals surface area (Å²) < 4.78 is 27.8. The minimum Gasteiger partial charge on any atom is -0.375 e. The first-order valence-electron chi connectivity index (χ1n) is 6.07. The lowest BCUT2D eigenvalue weighted by molar-refractivity contribution is 0.388. The van der Waals surface area contributed by atoms with E-state index in [4.69, 9.17) is 18.0 Å². The van der Waals surface area contributed by atoms with Crippen molar-refractivity contribution in [2.45, 2.75) is 6.42 Å². The summed E-state index contributed by atoms with van der Waals surface area (Å²) in [4.78, 5) is 1.81. The van der Waals surface area contributed by atoms with Gasteiger partial charge in [0.2, 0.25) is 0 Å². The molecule has 1 aromatic carbocycles. The van der Waals surface area contributed by atoms with Gasteiger partial charge in [0, 0.05) is 24.5 Å². The quantitative estimate of drug-likeness (QED) is 0.626. The molecular weight excluding hydrogens is 362 g/mol. The van der Waals surface area contributed by atoms with Gasteiger partial charge in [-0.2, -0.15) is 0 Å². The maximum Gasteiger partial charge on any atom is 0.183 e. The first kappa shape index (κ1) is 15.7. The van der Waals surface area contributed by atoms with Crippen molar-refractivity contribution in [2.24, 2.45) is 5.73 Å². The summed E-state index contributed by atoms with van der Waals surface area (Å²) in [6, 6.07) is 3.86. The van der Waals surface area contributed by atoms with E-state index in [1.165, 1.54) is 18.2 Å². The number of benzene rings is 1. The second kappa shape index (κ2) is 6.86. The van der Waals surface area contributed by atoms with Crippen LogP contribution >= 0.6 is 28.1 Å². The molecule has 0 amide bonds. The molecule has 0 bridgehead atoms. The lowest BCUT2D eigenvalue weighted by Crippen LogP contribution is -2.40. The van der Waals surface area contributed by atoms with Gasteiger partial charge in [0.15, 0.2) is 5.11 Å². The number of nitrogens with zero attached hydrogens (tertiary/aromatic N) is 2. The van der Waals surface area contributed by atoms with Crippen molar-refractivity contribution in [3.8, 4) is 0 Å². The van der Waals surface area contributed by atoms with E-state index in [1.54, 1.807) is 23.6 Å². The van der Waals surface area contributed by atoms with E-state index in [-0.39, 0.29) is 17.1 Å². The standard InChI is InChI=1S/C13H13BrF2N4S/c14-12-8-20(18-13(17)21)7-6-19(12)5-4-9-10(15)2-1-3-11(9)16/h1-3,6-8H,4-5H2,(H3,17,18,21). The molecule has 3 N–H and O–H groups in total. The Bertz CT molecular complexity index is 586. The van der Waals surface area contributed by atoms with E-state index >= 15 is 0 Å². The molecule has 0 saturated carbocycles. The van der Waals surface area contributed by atoms with Crippen LogP contribution < -0.4 is 11.2 Å². The second-order valence-corrected chi connectivity index (χ2v) is 5.53. The molecule has 0 fully saturated rings. The van der Waals surface area contributed by atoms with E-state index in [2.05, 4.69) is 21.4 Å². The zero-order valence-corrected chi connectivity index (χ0v) is 13.3. The number of hydrogen-bond acceptors (Lipinski definition) is 3. The summed E-state index contributed by atoms with van der Waals surface area (Å²) in [7, 11) is 0. The van der Waals surface area contributed by atoms with E-state index in [9.17, 15) is 8.78 Å². The van der Waals surface area contributed by atoms with Gasteiger partial charge in [-0.05, 0) is 46.7 Å². The van der Waals surface area contributed by atoms with Crippen LogP contribution in [-0.4, -0.2) is 21.6 Å². The van der Waals surface area contributed by atoms with E-state index in [0.29, 0.717) is 11.2 Å². The fourth-order valence-electron chi connectivity index (χ4n) is 1.84. The maximum atomic E-state index is 13.6. The van der Waals surface area contributed by atoms with Crippen LogP contribution in [0.15, 0.2) is 41.4 Å². The highest BCUT2D eigenvalue weighted by Gasteiger charge is 2.14. The molecule has 112 valence electrons. The number of hydrogen-bond donors (Lipinski definition) is 2. The Morgan fingerprint density at radius 2 is 1.95 bits per heavy atom. The molecule has 0 aromatic heterocycles. The third kappa shape index (κ3) is 4.15. The molecule has 0 radical (unpaired) electrons. The fraction of sp³-hybridized carbons (Fsp3) is 0.154. The Kier molecular flexibility index (Phi) is 5.13. The number of halogens is 3. The number of nitrogens with one attached hydrogen (secondary N) is 1. The van der Waals surface area contributed by atoms with Crippen molar-refractivity contribution in [2.75, 3.05) is 6.54 Å². The maximum absolute atomic E-state index is 13.6. The van der Waals surface area contributed by atoms with Gasteiger partial charge in [-0.25, -0.2) is 8.78 Å². The zero-order chi connectivity index (χ0) is 15.4. The first-order chi connectivity index (χ1) is 9.97. The Hall–Kier alpha value is -1.67. The summed E-state index contributed by atoms with van der Waals surface area (Å²) in [5, 5.41) is 1.71. The molecule has 2 rings (SSSR count). The lowest BCUT2D eigenvalue weighted by atomic mass is 10.1. The average molecular weight is 375 g/mol. The van der Waals surface area contributed by atoms with Crippen LogP contribution in [0.1, 0.15) is 5.56 Å². The Labute approximate surface area is 135 Å². The molecule has 0 atom stereocenters. The van der Waals surface area contributed by atoms with Crippen LogP contribution in [0.25, 0.3) is 0 Å². The highest BCUT2D eigenvalue weighted by atomic mass is 79.9. The molecule has 4 nitrogen and oxygen atoms in total. The van der Waals surface area contributed by atoms with Crippen molar-refractivity contribution in [1.29, 1.82) is 0 Å². The fourth-order valence-corrected chi connectivity index (χ4v) is 2.46. The molecule has 1 aromatic rings. The van der Waals surface area contributed by atoms with E-state index in [0.717, 1.165) is 0 Å². The van der Waals surface area contributed by atoms with E-state index < -0.39 is 11.6 Å². The van der Waals surface area contributed by atoms with Crippen molar-refractivity contribution in [3.63, 3.8) is 0 Å². The van der Waals surface area contributed by atoms with Crippen LogP contribution in [-0.2, 0) is 6.42 Å². The monoisotopic (exact) mass is 374 g/mol. The number of nitrogens with two attached hydrogens (primary N) is 1. The van der Waals surface area contributed by atoms with Crippen molar-refractivity contribution < 1.29 is 8.78 Å². The van der Waals surface area contributed by atoms with Crippen LogP contribution in [0.2, 0.25) is 0 Å². The van der Waals surface area contributed by atoms with Gasteiger partial charge >= 0.3 is 0 Å². The summed E-state index contributed by atoms with van der Waals surface area (Å²) in [5.41, 5.74) is 8.18. The second-order valence-electron chi connectivity index (χ2n) is 4.28. The first-order valence-corrected chi connectivity index (χ1v) is 7.27. The lowest BCUT2D eigenvalue weighted by Gasteiger charge is -2.28. The van der Waals surface area contributed by atoms with Crippen molar-refractivity contribution >= 4 is 33.3 Å². The molecule has 0 unspecified atom stereocenters. The van der Waals surface area contributed by atoms with Crippen molar-refractivity contribution in [3.05, 3.63) is 58.6 Å². The highest BCUT2D eigenvalue weighted by Crippen LogP contribution is 2.20. The van der Waals surface area contributed by atoms with Gasteiger partial charge in [-0.15, -0.1) is 0 Å². The molecule has 1 heterocycles. The predicted octanol–water partition coefficient (Wildman–Crippen LogP) is 2.54. The van der Waals surface area contributed by atoms with Gasteiger partial charge in [0.1, 0.15) is 16.2 Å². The minimum atomic E-state index is -0.534. The summed E-state index contributed by atoms with van der Waals surface area (Å²) >= 11 is 8.12. The Morgan fingerprint density at radius 3 is 2.52 bits per heavy atom. The van der Waals surface area contributed by atoms with Gasteiger partial charge in [0.25, 0.3) is 0 Å². The van der Waals surface area contributed by atoms with Crippen LogP contribution in [0, 0.1) is 11.6 Å². The SMILES string of the molecule is NC(=S)NN1C=CN(CCc2c(F)cccc2F)C(Br)=C1. The summed E-state index contributed by atoms with van der Waals surface area (Å²) in [6.45, 7) is 0.423. The third-order valence-corrected chi connectivity index (χ3v) is 3.58. The molecule has 21 heavy (non-hydrogen) atoms. The van der Waals surface area contributed by atoms with Gasteiger partial charge in [-0.3, -0.25) is 10.4 Å². The summed E-state index contributed by atoms with van der Waals surface area (Å²) in [6.07, 6.45) is 5.39. The van der Waals surface area contributed by atoms with Crippen LogP contribution in [0.5, 0.6) is 0 Å². The normalized spacial score (nSPS) is 14.1. The van der Waals surface area contributed by atoms with Gasteiger partial charge < -0.3 is 10.6 Å². The molecule has 0 aliphatic carbocycles. The number of hydrazine groups is 1. The molecule has 1 aliphatic rings. The minimum absolute atomic E-state index is 0.0786. The third-order valence-electron chi connectivity index (χ3n) is 2.83. The van der Waals surface area contributed by atoms with Gasteiger partial charge in [-0.1, -0.05) is 6.07 Å².